The van der Waals surface area contributed by atoms with Gasteiger partial charge in [-0.3, -0.25) is 0 Å². The Morgan fingerprint density at radius 1 is 1.56 bits per heavy atom. The smallest absolute Gasteiger partial charge is 0.0949 e. The van der Waals surface area contributed by atoms with E-state index in [2.05, 4.69) is 15.8 Å². The van der Waals surface area contributed by atoms with Crippen LogP contribution >= 0.6 is 11.8 Å². The second-order valence-corrected chi connectivity index (χ2v) is 6.10. The van der Waals surface area contributed by atoms with Crippen LogP contribution in [0.4, 0.5) is 0 Å². The molecule has 1 atom stereocenters. The third-order valence-electron chi connectivity index (χ3n) is 3.62. The molecule has 1 heterocycles. The molecule has 1 aliphatic rings. The lowest BCUT2D eigenvalue weighted by molar-refractivity contribution is 0.486. The van der Waals surface area contributed by atoms with Crippen LogP contribution in [0.15, 0.2) is 12.5 Å². The van der Waals surface area contributed by atoms with Crippen molar-refractivity contribution in [2.24, 2.45) is 5.73 Å². The maximum absolute atomic E-state index is 5.95. The summed E-state index contributed by atoms with van der Waals surface area (Å²) in [5.74, 6) is 0. The van der Waals surface area contributed by atoms with Crippen LogP contribution < -0.4 is 5.73 Å². The first-order valence-electron chi connectivity index (χ1n) is 5.98. The van der Waals surface area contributed by atoms with Crippen molar-refractivity contribution >= 4 is 11.8 Å². The second kappa shape index (κ2) is 4.80. The predicted molar refractivity (Wildman–Crippen MR) is 69.5 cm³/mol. The lowest BCUT2D eigenvalue weighted by atomic mass is 10.1. The van der Waals surface area contributed by atoms with Crippen molar-refractivity contribution in [3.8, 4) is 0 Å². The minimum Gasteiger partial charge on any atom is -0.332 e. The topological polar surface area (TPSA) is 43.8 Å². The summed E-state index contributed by atoms with van der Waals surface area (Å²) in [6, 6.07) is 0.0720. The van der Waals surface area contributed by atoms with Crippen molar-refractivity contribution in [1.82, 2.24) is 9.55 Å². The average Bonchev–Trinajstić information content (AvgIpc) is 2.88. The molecule has 0 bridgehead atoms. The zero-order valence-electron chi connectivity index (χ0n) is 10.1. The number of thioether (sulfide) groups is 1. The van der Waals surface area contributed by atoms with Gasteiger partial charge in [-0.25, -0.2) is 4.98 Å². The fourth-order valence-electron chi connectivity index (χ4n) is 2.60. The highest BCUT2D eigenvalue weighted by atomic mass is 32.2. The lowest BCUT2D eigenvalue weighted by Crippen LogP contribution is -2.28. The van der Waals surface area contributed by atoms with Crippen LogP contribution in [0.2, 0.25) is 0 Å². The van der Waals surface area contributed by atoms with Gasteiger partial charge in [-0.05, 0) is 26.0 Å². The van der Waals surface area contributed by atoms with Gasteiger partial charge < -0.3 is 10.3 Å². The molecule has 0 aromatic carbocycles. The molecule has 0 amide bonds. The van der Waals surface area contributed by atoms with Crippen LogP contribution in [0, 0.1) is 0 Å². The molecule has 3 nitrogen and oxygen atoms in total. The first-order chi connectivity index (χ1) is 7.67. The first-order valence-corrected chi connectivity index (χ1v) is 7.20. The Hall–Kier alpha value is -0.480. The van der Waals surface area contributed by atoms with E-state index >= 15 is 0 Å². The van der Waals surface area contributed by atoms with Crippen LogP contribution in [0.25, 0.3) is 0 Å². The number of nitrogens with two attached hydrogens (primary N) is 1. The Balaban J connectivity index is 2.16. The second-order valence-electron chi connectivity index (χ2n) is 4.83. The standard InChI is InChI=1S/C12H21N3S/c1-10(13)11-7-14-9-15(11)8-12(16-2)5-3-4-6-12/h7,9-10H,3-6,8,13H2,1-2H3. The van der Waals surface area contributed by atoms with E-state index < -0.39 is 0 Å². The number of rotatable bonds is 4. The van der Waals surface area contributed by atoms with Gasteiger partial charge in [0.1, 0.15) is 0 Å². The van der Waals surface area contributed by atoms with E-state index in [4.69, 9.17) is 5.73 Å². The summed E-state index contributed by atoms with van der Waals surface area (Å²) in [5.41, 5.74) is 7.10. The Morgan fingerprint density at radius 2 is 2.25 bits per heavy atom. The molecule has 1 fully saturated rings. The molecule has 0 aliphatic heterocycles. The molecule has 0 saturated heterocycles. The van der Waals surface area contributed by atoms with Crippen LogP contribution in [-0.2, 0) is 6.54 Å². The van der Waals surface area contributed by atoms with Gasteiger partial charge in [-0.2, -0.15) is 11.8 Å². The molecule has 1 aliphatic carbocycles. The zero-order valence-corrected chi connectivity index (χ0v) is 11.0. The SMILES string of the molecule is CSC1(Cn2cncc2C(C)N)CCCC1. The Labute approximate surface area is 102 Å². The molecule has 0 radical (unpaired) electrons. The van der Waals surface area contributed by atoms with Gasteiger partial charge in [0.25, 0.3) is 0 Å². The maximum atomic E-state index is 5.95. The van der Waals surface area contributed by atoms with Crippen LogP contribution in [-0.4, -0.2) is 20.6 Å². The van der Waals surface area contributed by atoms with Crippen molar-refractivity contribution in [2.75, 3.05) is 6.26 Å². The van der Waals surface area contributed by atoms with Crippen molar-refractivity contribution in [3.63, 3.8) is 0 Å². The first kappa shape index (κ1) is 12.0. The number of nitrogens with zero attached hydrogens (tertiary/aromatic N) is 2. The minimum absolute atomic E-state index is 0.0720. The van der Waals surface area contributed by atoms with E-state index in [0.717, 1.165) is 12.2 Å². The zero-order chi connectivity index (χ0) is 11.6. The van der Waals surface area contributed by atoms with E-state index in [1.165, 1.54) is 25.7 Å². The summed E-state index contributed by atoms with van der Waals surface area (Å²) in [5, 5.41) is 0. The highest BCUT2D eigenvalue weighted by Crippen LogP contribution is 2.41. The number of aromatic nitrogens is 2. The van der Waals surface area contributed by atoms with E-state index in [-0.39, 0.29) is 6.04 Å². The van der Waals surface area contributed by atoms with Gasteiger partial charge in [0.2, 0.25) is 0 Å². The molecule has 2 rings (SSSR count). The quantitative estimate of drug-likeness (QED) is 0.878. The predicted octanol–water partition coefficient (Wildman–Crippen LogP) is 2.58. The number of hydrogen-bond acceptors (Lipinski definition) is 3. The van der Waals surface area contributed by atoms with Gasteiger partial charge in [-0.1, -0.05) is 12.8 Å². The van der Waals surface area contributed by atoms with Gasteiger partial charge in [0, 0.05) is 23.5 Å². The molecular weight excluding hydrogens is 218 g/mol. The Bertz CT molecular complexity index is 340. The molecular formula is C12H21N3S. The number of hydrogen-bond donors (Lipinski definition) is 1. The summed E-state index contributed by atoms with van der Waals surface area (Å²) >= 11 is 2.01. The Morgan fingerprint density at radius 3 is 2.81 bits per heavy atom. The summed E-state index contributed by atoms with van der Waals surface area (Å²) in [6.45, 7) is 3.08. The summed E-state index contributed by atoms with van der Waals surface area (Å²) < 4.78 is 2.66. The monoisotopic (exact) mass is 239 g/mol. The van der Waals surface area contributed by atoms with Gasteiger partial charge in [0.05, 0.1) is 12.0 Å². The Kier molecular flexibility index (Phi) is 3.60. The van der Waals surface area contributed by atoms with Crippen LogP contribution in [0.5, 0.6) is 0 Å². The van der Waals surface area contributed by atoms with Crippen LogP contribution in [0.1, 0.15) is 44.3 Å². The molecule has 0 spiro atoms. The third-order valence-corrected chi connectivity index (χ3v) is 5.02. The minimum atomic E-state index is 0.0720. The normalized spacial score (nSPS) is 21.2. The third kappa shape index (κ3) is 2.28. The maximum Gasteiger partial charge on any atom is 0.0949 e. The van der Waals surface area contributed by atoms with Crippen LogP contribution in [0.3, 0.4) is 0 Å². The van der Waals surface area contributed by atoms with Gasteiger partial charge in [-0.15, -0.1) is 0 Å². The molecule has 1 saturated carbocycles. The average molecular weight is 239 g/mol. The summed E-state index contributed by atoms with van der Waals surface area (Å²) in [4.78, 5) is 4.22. The molecule has 16 heavy (non-hydrogen) atoms. The van der Waals surface area contributed by atoms with Crippen molar-refractivity contribution in [3.05, 3.63) is 18.2 Å². The highest BCUT2D eigenvalue weighted by Gasteiger charge is 2.33. The van der Waals surface area contributed by atoms with Gasteiger partial charge in [0.15, 0.2) is 0 Å². The fraction of sp³-hybridized carbons (Fsp3) is 0.750. The molecule has 4 heteroatoms. The highest BCUT2D eigenvalue weighted by molar-refractivity contribution is 8.00. The van der Waals surface area contributed by atoms with E-state index in [1.807, 2.05) is 31.2 Å². The molecule has 1 aromatic rings. The molecule has 1 aromatic heterocycles. The fourth-order valence-corrected chi connectivity index (χ4v) is 3.56. The van der Waals surface area contributed by atoms with E-state index in [9.17, 15) is 0 Å². The molecule has 90 valence electrons. The summed E-state index contributed by atoms with van der Waals surface area (Å²) in [7, 11) is 0. The van der Waals surface area contributed by atoms with Crippen molar-refractivity contribution in [2.45, 2.75) is 49.9 Å². The van der Waals surface area contributed by atoms with E-state index in [1.54, 1.807) is 0 Å². The largest absolute Gasteiger partial charge is 0.332 e. The van der Waals surface area contributed by atoms with Crippen molar-refractivity contribution in [1.29, 1.82) is 0 Å². The van der Waals surface area contributed by atoms with E-state index in [0.29, 0.717) is 4.75 Å². The number of imidazole rings is 1. The molecule has 1 unspecified atom stereocenters. The van der Waals surface area contributed by atoms with Gasteiger partial charge >= 0.3 is 0 Å². The van der Waals surface area contributed by atoms with Crippen molar-refractivity contribution < 1.29 is 0 Å². The molecule has 2 N–H and O–H groups in total. The lowest BCUT2D eigenvalue weighted by Gasteiger charge is -2.28. The summed E-state index contributed by atoms with van der Waals surface area (Å²) in [6.07, 6.45) is 11.4.